The minimum Gasteiger partial charge on any atom is -0.481 e. The second kappa shape index (κ2) is 5.38. The molecule has 0 radical (unpaired) electrons. The van der Waals surface area contributed by atoms with Crippen molar-refractivity contribution in [2.45, 2.75) is 32.4 Å². The third-order valence-corrected chi connectivity index (χ3v) is 4.27. The SMILES string of the molecule is CC1(C)CN(C(=O)NCC(C)(C)C(=O)O)CCS1. The van der Waals surface area contributed by atoms with Gasteiger partial charge in [0.05, 0.1) is 5.41 Å². The predicted octanol–water partition coefficient (Wildman–Crippen LogP) is 1.63. The standard InChI is InChI=1S/C12H22N2O3S/c1-11(2,9(15)16)7-13-10(17)14-5-6-18-12(3,4)8-14/h5-8H2,1-4H3,(H,13,17)(H,15,16). The van der Waals surface area contributed by atoms with Crippen LogP contribution in [0.2, 0.25) is 0 Å². The number of nitrogens with one attached hydrogen (secondary N) is 1. The van der Waals surface area contributed by atoms with Crippen LogP contribution in [0.1, 0.15) is 27.7 Å². The molecule has 0 unspecified atom stereocenters. The normalized spacial score (nSPS) is 19.4. The molecule has 1 saturated heterocycles. The fraction of sp³-hybridized carbons (Fsp3) is 0.833. The maximum atomic E-state index is 12.0. The molecule has 0 bridgehead atoms. The van der Waals surface area contributed by atoms with E-state index in [1.165, 1.54) is 0 Å². The summed E-state index contributed by atoms with van der Waals surface area (Å²) in [5.74, 6) is 0.0141. The summed E-state index contributed by atoms with van der Waals surface area (Å²) in [6.07, 6.45) is 0. The van der Waals surface area contributed by atoms with Crippen molar-refractivity contribution in [3.63, 3.8) is 0 Å². The van der Waals surface area contributed by atoms with Gasteiger partial charge in [0.15, 0.2) is 0 Å². The van der Waals surface area contributed by atoms with Crippen LogP contribution in [0.15, 0.2) is 0 Å². The smallest absolute Gasteiger partial charge is 0.317 e. The lowest BCUT2D eigenvalue weighted by Gasteiger charge is -2.37. The van der Waals surface area contributed by atoms with Gasteiger partial charge in [-0.15, -0.1) is 0 Å². The molecule has 0 atom stereocenters. The number of carboxylic acid groups (broad SMARTS) is 1. The molecule has 0 spiro atoms. The molecule has 2 N–H and O–H groups in total. The van der Waals surface area contributed by atoms with E-state index in [-0.39, 0.29) is 17.3 Å². The van der Waals surface area contributed by atoms with Gasteiger partial charge in [-0.25, -0.2) is 4.79 Å². The Morgan fingerprint density at radius 1 is 1.44 bits per heavy atom. The van der Waals surface area contributed by atoms with Crippen LogP contribution in [0.25, 0.3) is 0 Å². The summed E-state index contributed by atoms with van der Waals surface area (Å²) in [6.45, 7) is 8.98. The van der Waals surface area contributed by atoms with Crippen LogP contribution in [-0.4, -0.2) is 52.1 Å². The number of carbonyl (C=O) groups excluding carboxylic acids is 1. The Hall–Kier alpha value is -0.910. The van der Waals surface area contributed by atoms with Crippen LogP contribution >= 0.6 is 11.8 Å². The molecule has 0 saturated carbocycles. The molecular weight excluding hydrogens is 252 g/mol. The Labute approximate surface area is 112 Å². The van der Waals surface area contributed by atoms with Crippen LogP contribution in [0.5, 0.6) is 0 Å². The number of urea groups is 1. The summed E-state index contributed by atoms with van der Waals surface area (Å²) < 4.78 is 0.0674. The molecule has 0 aromatic carbocycles. The summed E-state index contributed by atoms with van der Waals surface area (Å²) in [7, 11) is 0. The lowest BCUT2D eigenvalue weighted by Crippen LogP contribution is -2.52. The summed E-state index contributed by atoms with van der Waals surface area (Å²) in [6, 6.07) is -0.169. The molecule has 2 amide bonds. The lowest BCUT2D eigenvalue weighted by molar-refractivity contribution is -0.146. The van der Waals surface area contributed by atoms with Crippen molar-refractivity contribution in [2.75, 3.05) is 25.4 Å². The Kier molecular flexibility index (Phi) is 4.53. The van der Waals surface area contributed by atoms with Gasteiger partial charge < -0.3 is 15.3 Å². The van der Waals surface area contributed by atoms with E-state index in [1.807, 2.05) is 11.8 Å². The van der Waals surface area contributed by atoms with Gasteiger partial charge >= 0.3 is 12.0 Å². The molecule has 5 nitrogen and oxygen atoms in total. The number of nitrogens with zero attached hydrogens (tertiary/aromatic N) is 1. The highest BCUT2D eigenvalue weighted by molar-refractivity contribution is 8.00. The fourth-order valence-corrected chi connectivity index (χ4v) is 2.79. The first-order valence-corrected chi connectivity index (χ1v) is 7.03. The molecule has 104 valence electrons. The average Bonchev–Trinajstić information content (AvgIpc) is 2.24. The Balaban J connectivity index is 2.49. The van der Waals surface area contributed by atoms with E-state index in [0.717, 1.165) is 5.75 Å². The number of carbonyl (C=O) groups is 2. The van der Waals surface area contributed by atoms with Crippen molar-refractivity contribution in [3.05, 3.63) is 0 Å². The van der Waals surface area contributed by atoms with Crippen molar-refractivity contribution in [1.82, 2.24) is 10.2 Å². The second-order valence-corrected chi connectivity index (χ2v) is 7.68. The first-order valence-electron chi connectivity index (χ1n) is 6.04. The highest BCUT2D eigenvalue weighted by atomic mass is 32.2. The maximum Gasteiger partial charge on any atom is 0.317 e. The molecule has 1 fully saturated rings. The van der Waals surface area contributed by atoms with Gasteiger partial charge in [-0.2, -0.15) is 11.8 Å². The van der Waals surface area contributed by atoms with Gasteiger partial charge in [-0.05, 0) is 27.7 Å². The van der Waals surface area contributed by atoms with E-state index < -0.39 is 11.4 Å². The largest absolute Gasteiger partial charge is 0.481 e. The van der Waals surface area contributed by atoms with Crippen LogP contribution in [0.3, 0.4) is 0 Å². The number of amides is 2. The van der Waals surface area contributed by atoms with Gasteiger partial charge in [-0.3, -0.25) is 4.79 Å². The Morgan fingerprint density at radius 2 is 2.06 bits per heavy atom. The van der Waals surface area contributed by atoms with Gasteiger partial charge in [0.2, 0.25) is 0 Å². The number of rotatable bonds is 3. The second-order valence-electron chi connectivity index (χ2n) is 5.88. The molecule has 1 aliphatic heterocycles. The van der Waals surface area contributed by atoms with Gasteiger partial charge in [-0.1, -0.05) is 0 Å². The molecule has 18 heavy (non-hydrogen) atoms. The minimum atomic E-state index is -0.935. The summed E-state index contributed by atoms with van der Waals surface area (Å²) in [5, 5.41) is 11.7. The van der Waals surface area contributed by atoms with E-state index in [9.17, 15) is 9.59 Å². The van der Waals surface area contributed by atoms with E-state index in [1.54, 1.807) is 18.7 Å². The zero-order valence-corrected chi connectivity index (χ0v) is 12.3. The molecule has 1 heterocycles. The van der Waals surface area contributed by atoms with Crippen molar-refractivity contribution in [2.24, 2.45) is 5.41 Å². The highest BCUT2D eigenvalue weighted by Gasteiger charge is 2.32. The fourth-order valence-electron chi connectivity index (χ4n) is 1.67. The van der Waals surface area contributed by atoms with Gasteiger partial charge in [0.25, 0.3) is 0 Å². The van der Waals surface area contributed by atoms with Crippen molar-refractivity contribution < 1.29 is 14.7 Å². The quantitative estimate of drug-likeness (QED) is 0.821. The van der Waals surface area contributed by atoms with E-state index in [4.69, 9.17) is 5.11 Å². The topological polar surface area (TPSA) is 69.6 Å². The molecule has 0 aromatic heterocycles. The first kappa shape index (κ1) is 15.1. The molecule has 1 rings (SSSR count). The number of hydrogen-bond acceptors (Lipinski definition) is 3. The first-order chi connectivity index (χ1) is 8.14. The van der Waals surface area contributed by atoms with Crippen LogP contribution in [0.4, 0.5) is 4.79 Å². The van der Waals surface area contributed by atoms with Crippen molar-refractivity contribution in [3.8, 4) is 0 Å². The lowest BCUT2D eigenvalue weighted by atomic mass is 9.94. The predicted molar refractivity (Wildman–Crippen MR) is 72.9 cm³/mol. The summed E-state index contributed by atoms with van der Waals surface area (Å²) in [5.41, 5.74) is -0.935. The number of hydrogen-bond donors (Lipinski definition) is 2. The maximum absolute atomic E-state index is 12.0. The number of aliphatic carboxylic acids is 1. The zero-order chi connectivity index (χ0) is 14.0. The zero-order valence-electron chi connectivity index (χ0n) is 11.4. The number of thioether (sulfide) groups is 1. The van der Waals surface area contributed by atoms with Crippen molar-refractivity contribution in [1.29, 1.82) is 0 Å². The summed E-state index contributed by atoms with van der Waals surface area (Å²) in [4.78, 5) is 24.7. The minimum absolute atomic E-state index is 0.0674. The van der Waals surface area contributed by atoms with Crippen LogP contribution in [0, 0.1) is 5.41 Å². The average molecular weight is 274 g/mol. The molecule has 1 aliphatic rings. The monoisotopic (exact) mass is 274 g/mol. The third kappa shape index (κ3) is 4.08. The Morgan fingerprint density at radius 3 is 2.56 bits per heavy atom. The van der Waals surface area contributed by atoms with Crippen LogP contribution < -0.4 is 5.32 Å². The highest BCUT2D eigenvalue weighted by Crippen LogP contribution is 2.29. The molecule has 0 aromatic rings. The van der Waals surface area contributed by atoms with E-state index >= 15 is 0 Å². The summed E-state index contributed by atoms with van der Waals surface area (Å²) >= 11 is 1.85. The molecule has 6 heteroatoms. The molecule has 0 aliphatic carbocycles. The molecular formula is C12H22N2O3S. The Bertz CT molecular complexity index is 342. The van der Waals surface area contributed by atoms with E-state index in [0.29, 0.717) is 13.1 Å². The van der Waals surface area contributed by atoms with Crippen molar-refractivity contribution >= 4 is 23.8 Å². The van der Waals surface area contributed by atoms with Gasteiger partial charge in [0.1, 0.15) is 0 Å². The van der Waals surface area contributed by atoms with Crippen LogP contribution in [-0.2, 0) is 4.79 Å². The van der Waals surface area contributed by atoms with E-state index in [2.05, 4.69) is 19.2 Å². The third-order valence-electron chi connectivity index (χ3n) is 2.97. The van der Waals surface area contributed by atoms with Gasteiger partial charge in [0, 0.05) is 30.1 Å². The number of carboxylic acids is 1.